The highest BCUT2D eigenvalue weighted by Gasteiger charge is 2.78. The lowest BCUT2D eigenvalue weighted by Crippen LogP contribution is -2.52. The van der Waals surface area contributed by atoms with Crippen molar-refractivity contribution < 1.29 is 24.5 Å². The Morgan fingerprint density at radius 3 is 2.46 bits per heavy atom. The molecule has 2 aromatic carbocycles. The minimum Gasteiger partial charge on any atom is -0.497 e. The molecule has 0 saturated heterocycles. The fourth-order valence-electron chi connectivity index (χ4n) is 5.63. The predicted octanol–water partition coefficient (Wildman–Crippen LogP) is 2.30. The fourth-order valence-corrected chi connectivity index (χ4v) is 5.63. The molecule has 8 heteroatoms. The summed E-state index contributed by atoms with van der Waals surface area (Å²) in [5.41, 5.74) is -2.09. The Morgan fingerprint density at radius 1 is 1.17 bits per heavy atom. The van der Waals surface area contributed by atoms with Crippen molar-refractivity contribution in [2.75, 3.05) is 21.2 Å². The number of fused-ring (bicyclic) bond motifs is 3. The van der Waals surface area contributed by atoms with Gasteiger partial charge in [0.25, 0.3) is 0 Å². The van der Waals surface area contributed by atoms with Crippen LogP contribution in [0.15, 0.2) is 66.9 Å². The van der Waals surface area contributed by atoms with Gasteiger partial charge in [0, 0.05) is 32.3 Å². The topological polar surface area (TPSA) is 116 Å². The summed E-state index contributed by atoms with van der Waals surface area (Å²) in [6.07, 6.45) is -0.221. The first-order valence-electron chi connectivity index (χ1n) is 11.2. The van der Waals surface area contributed by atoms with Crippen LogP contribution in [-0.2, 0) is 16.0 Å². The predicted molar refractivity (Wildman–Crippen MR) is 126 cm³/mol. The average molecular weight is 472 g/mol. The molecule has 2 N–H and O–H groups in total. The molecule has 178 valence electrons. The lowest BCUT2D eigenvalue weighted by atomic mass is 9.71. The quantitative estimate of drug-likeness (QED) is 0.600. The number of ether oxygens (including phenoxy) is 2. The second-order valence-electron chi connectivity index (χ2n) is 9.11. The number of nitriles is 1. The van der Waals surface area contributed by atoms with Crippen molar-refractivity contribution in [3.05, 3.63) is 89.2 Å². The summed E-state index contributed by atoms with van der Waals surface area (Å²) in [5.74, 6) is -1.37. The minimum atomic E-state index is -2.08. The van der Waals surface area contributed by atoms with Crippen LogP contribution in [0.4, 0.5) is 0 Å². The Kier molecular flexibility index (Phi) is 5.28. The summed E-state index contributed by atoms with van der Waals surface area (Å²) in [7, 11) is 4.78. The monoisotopic (exact) mass is 471 g/mol. The molecule has 8 nitrogen and oxygen atoms in total. The Bertz CT molecular complexity index is 1320. The average Bonchev–Trinajstić information content (AvgIpc) is 3.26. The number of hydrogen-bond donors (Lipinski definition) is 2. The fraction of sp³-hybridized carbons (Fsp3) is 0.296. The zero-order valence-electron chi connectivity index (χ0n) is 19.5. The van der Waals surface area contributed by atoms with E-state index in [1.807, 2.05) is 36.4 Å². The van der Waals surface area contributed by atoms with Gasteiger partial charge >= 0.3 is 0 Å². The third-order valence-electron chi connectivity index (χ3n) is 7.15. The lowest BCUT2D eigenvalue weighted by Gasteiger charge is -2.40. The number of carbonyl (C=O) groups is 1. The molecular formula is C27H25N3O5. The van der Waals surface area contributed by atoms with Gasteiger partial charge in [-0.05, 0) is 23.3 Å². The number of nitrogens with zero attached hydrogens (tertiary/aromatic N) is 3. The molecule has 1 saturated carbocycles. The first kappa shape index (κ1) is 22.8. The summed E-state index contributed by atoms with van der Waals surface area (Å²) in [6.45, 7) is 0. The zero-order chi connectivity index (χ0) is 25.0. The van der Waals surface area contributed by atoms with Crippen molar-refractivity contribution in [3.8, 4) is 17.6 Å². The highest BCUT2D eigenvalue weighted by atomic mass is 16.5. The van der Waals surface area contributed by atoms with Gasteiger partial charge in [0.15, 0.2) is 11.2 Å². The van der Waals surface area contributed by atoms with Crippen LogP contribution in [-0.4, -0.2) is 53.3 Å². The van der Waals surface area contributed by atoms with Crippen LogP contribution in [0.1, 0.15) is 28.3 Å². The first-order valence-corrected chi connectivity index (χ1v) is 11.2. The standard InChI is InChI=1S/C27H25N3O5/c1-30(2)25(32)21-22(17-7-5-4-6-8-17)27(18-9-11-19(34-3)12-10-18)26(33,24(21)31)23-20(35-27)13-16(14-28)15-29-23/h4-13,15,21-22,24,31,33H,1-3H3/t21-,22-,24-,26+,27+/m1/s1. The number of benzene rings is 2. The molecule has 5 atom stereocenters. The Morgan fingerprint density at radius 2 is 1.86 bits per heavy atom. The molecule has 0 unspecified atom stereocenters. The molecule has 2 aliphatic rings. The Labute approximate surface area is 203 Å². The molecule has 5 rings (SSSR count). The molecule has 1 fully saturated rings. The number of aromatic nitrogens is 1. The van der Waals surface area contributed by atoms with Gasteiger partial charge in [0.1, 0.15) is 29.4 Å². The molecular weight excluding hydrogens is 446 g/mol. The molecule has 35 heavy (non-hydrogen) atoms. The molecule has 1 aliphatic carbocycles. The van der Waals surface area contributed by atoms with Gasteiger partial charge in [-0.2, -0.15) is 5.26 Å². The van der Waals surface area contributed by atoms with E-state index >= 15 is 0 Å². The van der Waals surface area contributed by atoms with Crippen molar-refractivity contribution in [2.24, 2.45) is 5.92 Å². The third-order valence-corrected chi connectivity index (χ3v) is 7.15. The largest absolute Gasteiger partial charge is 0.497 e. The van der Waals surface area contributed by atoms with Crippen LogP contribution in [0.5, 0.6) is 11.5 Å². The van der Waals surface area contributed by atoms with Crippen molar-refractivity contribution in [1.82, 2.24) is 9.88 Å². The van der Waals surface area contributed by atoms with Gasteiger partial charge in [-0.15, -0.1) is 0 Å². The van der Waals surface area contributed by atoms with E-state index in [1.165, 1.54) is 17.2 Å². The molecule has 0 spiro atoms. The van der Waals surface area contributed by atoms with E-state index in [-0.39, 0.29) is 22.9 Å². The maximum Gasteiger partial charge on any atom is 0.228 e. The van der Waals surface area contributed by atoms with Crippen molar-refractivity contribution in [3.63, 3.8) is 0 Å². The third kappa shape index (κ3) is 2.99. The van der Waals surface area contributed by atoms with Gasteiger partial charge < -0.3 is 24.6 Å². The van der Waals surface area contributed by atoms with Crippen LogP contribution >= 0.6 is 0 Å². The molecule has 0 bridgehead atoms. The second-order valence-corrected chi connectivity index (χ2v) is 9.11. The van der Waals surface area contributed by atoms with Gasteiger partial charge in [-0.25, -0.2) is 0 Å². The summed E-state index contributed by atoms with van der Waals surface area (Å²) in [4.78, 5) is 19.3. The minimum absolute atomic E-state index is 0.0924. The molecule has 1 aliphatic heterocycles. The normalized spacial score (nSPS) is 28.4. The highest BCUT2D eigenvalue weighted by Crippen LogP contribution is 2.68. The molecule has 3 aromatic rings. The van der Waals surface area contributed by atoms with Gasteiger partial charge in [0.2, 0.25) is 5.91 Å². The van der Waals surface area contributed by atoms with Crippen LogP contribution in [0.3, 0.4) is 0 Å². The molecule has 2 heterocycles. The van der Waals surface area contributed by atoms with Crippen molar-refractivity contribution in [1.29, 1.82) is 5.26 Å². The first-order chi connectivity index (χ1) is 16.8. The highest BCUT2D eigenvalue weighted by molar-refractivity contribution is 5.82. The SMILES string of the molecule is COc1ccc([C@@]23Oc4cc(C#N)cnc4[C@]2(O)[C@H](O)[C@H](C(=O)N(C)C)[C@H]3c2ccccc2)cc1. The van der Waals surface area contributed by atoms with E-state index in [0.717, 1.165) is 0 Å². The smallest absolute Gasteiger partial charge is 0.228 e. The summed E-state index contributed by atoms with van der Waals surface area (Å²) in [5, 5.41) is 33.6. The number of methoxy groups -OCH3 is 1. The number of carbonyl (C=O) groups excluding carboxylic acids is 1. The number of hydrogen-bond acceptors (Lipinski definition) is 7. The zero-order valence-corrected chi connectivity index (χ0v) is 19.5. The van der Waals surface area contributed by atoms with E-state index in [4.69, 9.17) is 9.47 Å². The Hall–Kier alpha value is -3.93. The number of rotatable bonds is 4. The van der Waals surface area contributed by atoms with E-state index in [2.05, 4.69) is 4.98 Å². The number of pyridine rings is 1. The molecule has 1 amide bonds. The van der Waals surface area contributed by atoms with Gasteiger partial charge in [-0.1, -0.05) is 42.5 Å². The number of aliphatic hydroxyl groups is 2. The van der Waals surface area contributed by atoms with E-state index in [9.17, 15) is 20.3 Å². The van der Waals surface area contributed by atoms with Gasteiger partial charge in [-0.3, -0.25) is 9.78 Å². The van der Waals surface area contributed by atoms with Crippen LogP contribution in [0, 0.1) is 17.2 Å². The second kappa shape index (κ2) is 8.08. The van der Waals surface area contributed by atoms with Crippen molar-refractivity contribution >= 4 is 5.91 Å². The molecule has 0 radical (unpaired) electrons. The summed E-state index contributed by atoms with van der Waals surface area (Å²) >= 11 is 0. The Balaban J connectivity index is 1.85. The van der Waals surface area contributed by atoms with Crippen LogP contribution in [0.2, 0.25) is 0 Å². The number of amides is 1. The maximum atomic E-state index is 13.5. The van der Waals surface area contributed by atoms with Crippen LogP contribution in [0.25, 0.3) is 0 Å². The van der Waals surface area contributed by atoms with Crippen molar-refractivity contribution in [2.45, 2.75) is 23.2 Å². The van der Waals surface area contributed by atoms with Gasteiger partial charge in [0.05, 0.1) is 18.6 Å². The number of aliphatic hydroxyl groups excluding tert-OH is 1. The van der Waals surface area contributed by atoms with E-state index in [0.29, 0.717) is 16.9 Å². The van der Waals surface area contributed by atoms with Crippen LogP contribution < -0.4 is 9.47 Å². The molecule has 1 aromatic heterocycles. The van der Waals surface area contributed by atoms with E-state index < -0.39 is 29.1 Å². The maximum absolute atomic E-state index is 13.5. The lowest BCUT2D eigenvalue weighted by molar-refractivity contribution is -0.157. The summed E-state index contributed by atoms with van der Waals surface area (Å²) in [6, 6.07) is 19.8. The van der Waals surface area contributed by atoms with E-state index in [1.54, 1.807) is 45.5 Å². The summed E-state index contributed by atoms with van der Waals surface area (Å²) < 4.78 is 11.9.